The van der Waals surface area contributed by atoms with Gasteiger partial charge in [-0.05, 0) is 24.9 Å². The first kappa shape index (κ1) is 5.99. The van der Waals surface area contributed by atoms with Crippen LogP contribution in [0.25, 0.3) is 0 Å². The maximum Gasteiger partial charge on any atom is -0.0263 e. The van der Waals surface area contributed by atoms with Gasteiger partial charge in [0.2, 0.25) is 0 Å². The summed E-state index contributed by atoms with van der Waals surface area (Å²) in [5, 5.41) is 0. The fourth-order valence-electron chi connectivity index (χ4n) is 0.908. The molecule has 2 heteroatoms. The van der Waals surface area contributed by atoms with Crippen molar-refractivity contribution in [2.75, 3.05) is 19.0 Å². The fraction of sp³-hybridized carbons (Fsp3) is 1.00. The lowest BCUT2D eigenvalue weighted by Crippen LogP contribution is -1.91. The number of hydrogen-bond donors (Lipinski definition) is 0. The van der Waals surface area contributed by atoms with Crippen LogP contribution >= 0.6 is 15.9 Å². The fourth-order valence-corrected chi connectivity index (χ4v) is 6.30. The molecule has 7 heavy (non-hydrogen) atoms. The second-order valence-corrected chi connectivity index (χ2v) is 8.07. The topological polar surface area (TPSA) is 0 Å². The quantitative estimate of drug-likeness (QED) is 0.446. The molecule has 0 radical (unpaired) electrons. The van der Waals surface area contributed by atoms with Crippen LogP contribution in [0, 0.1) is 5.92 Å². The molecule has 3 atom stereocenters. The van der Waals surface area contributed by atoms with Gasteiger partial charge in [-0.25, -0.2) is 0 Å². The van der Waals surface area contributed by atoms with Gasteiger partial charge in [-0.3, -0.25) is 0 Å². The van der Waals surface area contributed by atoms with Crippen molar-refractivity contribution in [2.24, 2.45) is 5.92 Å². The Hall–Kier alpha value is 0.860. The van der Waals surface area contributed by atoms with Crippen LogP contribution in [0.5, 0.6) is 0 Å². The zero-order valence-corrected chi connectivity index (χ0v) is 6.83. The van der Waals surface area contributed by atoms with Gasteiger partial charge in [-0.1, -0.05) is 22.8 Å². The van der Waals surface area contributed by atoms with Gasteiger partial charge in [-0.15, -0.1) is 0 Å². The smallest absolute Gasteiger partial charge is 0.0263 e. The summed E-state index contributed by atoms with van der Waals surface area (Å²) >= 11 is 0. The average Bonchev–Trinajstić information content (AvgIpc) is 1.87. The Morgan fingerprint density at radius 3 is 2.57 bits per heavy atom. The normalized spacial score (nSPS) is 45.4. The van der Waals surface area contributed by atoms with Crippen molar-refractivity contribution in [1.29, 1.82) is 0 Å². The van der Waals surface area contributed by atoms with Crippen LogP contribution in [-0.4, -0.2) is 19.0 Å². The van der Waals surface area contributed by atoms with Crippen LogP contribution in [0.2, 0.25) is 0 Å². The van der Waals surface area contributed by atoms with Gasteiger partial charge in [0.25, 0.3) is 0 Å². The molecule has 3 unspecified atom stereocenters. The summed E-state index contributed by atoms with van der Waals surface area (Å²) in [4.78, 5) is 0. The van der Waals surface area contributed by atoms with Crippen LogP contribution < -0.4 is 0 Å². The molecule has 0 aromatic rings. The van der Waals surface area contributed by atoms with Gasteiger partial charge in [0.05, 0.1) is 0 Å². The van der Waals surface area contributed by atoms with E-state index in [1.807, 2.05) is 0 Å². The third-order valence-electron chi connectivity index (χ3n) is 1.30. The molecule has 1 aliphatic rings. The first-order chi connectivity index (χ1) is 3.29. The zero-order valence-electron chi connectivity index (χ0n) is 4.94. The monoisotopic (exact) mass is 134 g/mol. The third kappa shape index (κ3) is 1.67. The number of hydrogen-bond acceptors (Lipinski definition) is 0. The molecule has 0 aromatic heterocycles. The molecule has 0 spiro atoms. The summed E-state index contributed by atoms with van der Waals surface area (Å²) in [5.41, 5.74) is 0. The summed E-state index contributed by atoms with van der Waals surface area (Å²) in [5.74, 6) is 1.06. The highest BCUT2D eigenvalue weighted by molar-refractivity contribution is 8.21. The van der Waals surface area contributed by atoms with Crippen LogP contribution in [-0.2, 0) is 0 Å². The average molecular weight is 134 g/mol. The van der Waals surface area contributed by atoms with E-state index >= 15 is 0 Å². The van der Waals surface area contributed by atoms with E-state index < -0.39 is 0 Å². The molecule has 0 amide bonds. The Bertz CT molecular complexity index is 55.1. The standard InChI is InChI=1S/C5H12P2/c1-5-3-6-7(2)4-5/h5-6H,3-4H2,1-2H3. The van der Waals surface area contributed by atoms with E-state index in [-0.39, 0.29) is 0 Å². The molecule has 42 valence electrons. The third-order valence-corrected chi connectivity index (χ3v) is 6.60. The Labute approximate surface area is 48.5 Å². The second kappa shape index (κ2) is 2.42. The minimum absolute atomic E-state index is 0.523. The molecule has 1 saturated heterocycles. The first-order valence-corrected chi connectivity index (χ1v) is 6.76. The van der Waals surface area contributed by atoms with Gasteiger partial charge >= 0.3 is 0 Å². The highest BCUT2D eigenvalue weighted by Gasteiger charge is 2.15. The van der Waals surface area contributed by atoms with E-state index in [4.69, 9.17) is 0 Å². The van der Waals surface area contributed by atoms with Crippen LogP contribution in [0.1, 0.15) is 6.92 Å². The molecule has 0 bridgehead atoms. The maximum atomic E-state index is 2.43. The Kier molecular flexibility index (Phi) is 2.07. The van der Waals surface area contributed by atoms with Crippen LogP contribution in [0.3, 0.4) is 0 Å². The maximum absolute atomic E-state index is 2.43. The van der Waals surface area contributed by atoms with Crippen molar-refractivity contribution in [3.05, 3.63) is 0 Å². The van der Waals surface area contributed by atoms with Gasteiger partial charge in [0.15, 0.2) is 0 Å². The second-order valence-electron chi connectivity index (χ2n) is 2.35. The van der Waals surface area contributed by atoms with Crippen molar-refractivity contribution in [3.63, 3.8) is 0 Å². The Morgan fingerprint density at radius 2 is 2.43 bits per heavy atom. The molecule has 1 aliphatic heterocycles. The summed E-state index contributed by atoms with van der Waals surface area (Å²) < 4.78 is 0. The molecule has 0 nitrogen and oxygen atoms in total. The van der Waals surface area contributed by atoms with Crippen molar-refractivity contribution in [1.82, 2.24) is 0 Å². The lowest BCUT2D eigenvalue weighted by atomic mass is 10.3. The van der Waals surface area contributed by atoms with E-state index in [1.165, 1.54) is 14.4 Å². The van der Waals surface area contributed by atoms with E-state index in [2.05, 4.69) is 13.6 Å². The number of rotatable bonds is 0. The lowest BCUT2D eigenvalue weighted by Gasteiger charge is -1.96. The van der Waals surface area contributed by atoms with Gasteiger partial charge in [0, 0.05) is 0 Å². The molecule has 1 rings (SSSR count). The SMILES string of the molecule is CC1CPP(C)C1. The van der Waals surface area contributed by atoms with Gasteiger partial charge in [0.1, 0.15) is 0 Å². The van der Waals surface area contributed by atoms with Crippen molar-refractivity contribution >= 4 is 15.9 Å². The first-order valence-electron chi connectivity index (χ1n) is 2.73. The van der Waals surface area contributed by atoms with Crippen LogP contribution in [0.4, 0.5) is 0 Å². The van der Waals surface area contributed by atoms with Crippen molar-refractivity contribution in [3.8, 4) is 0 Å². The van der Waals surface area contributed by atoms with Crippen LogP contribution in [0.15, 0.2) is 0 Å². The molecule has 1 fully saturated rings. The minimum Gasteiger partial charge on any atom is -0.0960 e. The highest BCUT2D eigenvalue weighted by atomic mass is 32.0. The minimum atomic E-state index is 0.523. The van der Waals surface area contributed by atoms with Gasteiger partial charge in [-0.2, -0.15) is 0 Å². The van der Waals surface area contributed by atoms with Gasteiger partial charge < -0.3 is 0 Å². The molecule has 0 aromatic carbocycles. The molecule has 1 heterocycles. The summed E-state index contributed by atoms with van der Waals surface area (Å²) in [6, 6.07) is 0. The predicted octanol–water partition coefficient (Wildman–Crippen LogP) is 2.34. The molecular formula is C5H12P2. The van der Waals surface area contributed by atoms with E-state index in [9.17, 15) is 0 Å². The zero-order chi connectivity index (χ0) is 5.28. The summed E-state index contributed by atoms with van der Waals surface area (Å²) in [6.07, 6.45) is 3.08. The molecular weight excluding hydrogens is 122 g/mol. The largest absolute Gasteiger partial charge is 0.0960 e. The summed E-state index contributed by atoms with van der Waals surface area (Å²) in [6.45, 7) is 4.80. The highest BCUT2D eigenvalue weighted by Crippen LogP contribution is 2.59. The Balaban J connectivity index is 2.26. The summed E-state index contributed by atoms with van der Waals surface area (Å²) in [7, 11) is 1.85. The Morgan fingerprint density at radius 1 is 1.71 bits per heavy atom. The molecule has 0 N–H and O–H groups in total. The van der Waals surface area contributed by atoms with E-state index in [0.717, 1.165) is 5.92 Å². The lowest BCUT2D eigenvalue weighted by molar-refractivity contribution is 0.770. The van der Waals surface area contributed by atoms with E-state index in [1.54, 1.807) is 6.16 Å². The van der Waals surface area contributed by atoms with E-state index in [0.29, 0.717) is 7.61 Å². The molecule has 0 aliphatic carbocycles. The van der Waals surface area contributed by atoms with Crippen molar-refractivity contribution in [2.45, 2.75) is 6.92 Å². The predicted molar refractivity (Wildman–Crippen MR) is 40.1 cm³/mol. The van der Waals surface area contributed by atoms with Crippen molar-refractivity contribution < 1.29 is 0 Å². The molecule has 0 saturated carbocycles.